The Morgan fingerprint density at radius 2 is 1.55 bits per heavy atom. The normalized spacial score (nSPS) is 11.7. The number of nitrogens with zero attached hydrogens (tertiary/aromatic N) is 1. The summed E-state index contributed by atoms with van der Waals surface area (Å²) >= 11 is 0. The Morgan fingerprint density at radius 1 is 0.879 bits per heavy atom. The van der Waals surface area contributed by atoms with Crippen LogP contribution >= 0.6 is 0 Å². The largest absolute Gasteiger partial charge is 0.489 e. The molecule has 1 heterocycles. The number of nitrogens with two attached hydrogens (primary N) is 1. The highest BCUT2D eigenvalue weighted by atomic mass is 16.5. The first-order valence-corrected chi connectivity index (χ1v) is 11.9. The molecule has 3 rings (SSSR count). The number of anilines is 1. The Kier molecular flexibility index (Phi) is 9.92. The molecule has 0 aliphatic rings. The Hall–Kier alpha value is -3.18. The van der Waals surface area contributed by atoms with Crippen LogP contribution in [0.2, 0.25) is 0 Å². The van der Waals surface area contributed by atoms with E-state index in [9.17, 15) is 4.79 Å². The number of hydrogen-bond acceptors (Lipinski definition) is 4. The van der Waals surface area contributed by atoms with Crippen molar-refractivity contribution >= 4 is 11.6 Å². The number of aryl methyl sites for hydroxylation is 1. The quantitative estimate of drug-likeness (QED) is 0.332. The lowest BCUT2D eigenvalue weighted by molar-refractivity contribution is -0.117. The Balaban J connectivity index is 1.41. The monoisotopic (exact) mass is 445 g/mol. The number of hydrogen-bond donors (Lipinski definition) is 2. The van der Waals surface area contributed by atoms with Gasteiger partial charge in [-0.2, -0.15) is 0 Å². The number of carbonyl (C=O) groups excluding carboxylic acids is 1. The summed E-state index contributed by atoms with van der Waals surface area (Å²) in [6, 6.07) is 19.0. The molecule has 0 aliphatic heterocycles. The van der Waals surface area contributed by atoms with Crippen molar-refractivity contribution in [3.05, 3.63) is 89.7 Å². The van der Waals surface area contributed by atoms with E-state index in [4.69, 9.17) is 10.5 Å². The first-order valence-electron chi connectivity index (χ1n) is 11.9. The highest BCUT2D eigenvalue weighted by Crippen LogP contribution is 2.16. The second kappa shape index (κ2) is 13.4. The third kappa shape index (κ3) is 8.70. The first-order chi connectivity index (χ1) is 16.1. The fourth-order valence-corrected chi connectivity index (χ4v) is 3.64. The maximum atomic E-state index is 12.5. The number of ether oxygens (including phenoxy) is 1. The smallest absolute Gasteiger partial charge is 0.241 e. The zero-order valence-corrected chi connectivity index (χ0v) is 19.5. The van der Waals surface area contributed by atoms with E-state index < -0.39 is 6.04 Å². The molecule has 0 spiro atoms. The highest BCUT2D eigenvalue weighted by molar-refractivity contribution is 5.94. The zero-order chi connectivity index (χ0) is 23.3. The molecule has 174 valence electrons. The fraction of sp³-hybridized carbons (Fsp3) is 0.357. The van der Waals surface area contributed by atoms with Crippen LogP contribution in [-0.2, 0) is 24.2 Å². The minimum Gasteiger partial charge on any atom is -0.489 e. The second-order valence-corrected chi connectivity index (χ2v) is 8.45. The van der Waals surface area contributed by atoms with E-state index >= 15 is 0 Å². The van der Waals surface area contributed by atoms with Crippen molar-refractivity contribution in [3.8, 4) is 5.75 Å². The fourth-order valence-electron chi connectivity index (χ4n) is 3.64. The molecule has 0 aliphatic carbocycles. The summed E-state index contributed by atoms with van der Waals surface area (Å²) in [5, 5.41) is 2.93. The van der Waals surface area contributed by atoms with Crippen molar-refractivity contribution in [1.82, 2.24) is 4.98 Å². The van der Waals surface area contributed by atoms with Crippen molar-refractivity contribution in [2.75, 3.05) is 5.32 Å². The number of nitrogens with one attached hydrogen (secondary N) is 1. The van der Waals surface area contributed by atoms with Gasteiger partial charge >= 0.3 is 0 Å². The van der Waals surface area contributed by atoms with Gasteiger partial charge in [0.25, 0.3) is 0 Å². The molecule has 33 heavy (non-hydrogen) atoms. The summed E-state index contributed by atoms with van der Waals surface area (Å²) in [6.45, 7) is 2.72. The number of pyridine rings is 1. The minimum absolute atomic E-state index is 0.180. The van der Waals surface area contributed by atoms with Crippen LogP contribution < -0.4 is 15.8 Å². The molecule has 2 aromatic carbocycles. The first kappa shape index (κ1) is 24.5. The van der Waals surface area contributed by atoms with Crippen molar-refractivity contribution in [2.45, 2.75) is 64.5 Å². The van der Waals surface area contributed by atoms with E-state index in [1.165, 1.54) is 37.7 Å². The molecule has 3 N–H and O–H groups in total. The third-order valence-corrected chi connectivity index (χ3v) is 5.66. The van der Waals surface area contributed by atoms with Gasteiger partial charge in [0.05, 0.1) is 6.04 Å². The molecule has 0 radical (unpaired) electrons. The van der Waals surface area contributed by atoms with E-state index in [0.717, 1.165) is 29.0 Å². The third-order valence-electron chi connectivity index (χ3n) is 5.66. The standard InChI is InChI=1S/C28H35N3O2/c1-2-3-4-5-6-7-22-8-12-25(13-9-22)31-28(32)27(29)20-23-10-14-26(15-11-23)33-21-24-16-18-30-19-17-24/h8-19,27H,2-7,20-21,29H2,1H3,(H,31,32)/t27-/m0/s1. The molecule has 3 aromatic rings. The van der Waals surface area contributed by atoms with Crippen molar-refractivity contribution in [1.29, 1.82) is 0 Å². The lowest BCUT2D eigenvalue weighted by atomic mass is 10.0. The lowest BCUT2D eigenvalue weighted by Crippen LogP contribution is -2.37. The zero-order valence-electron chi connectivity index (χ0n) is 19.5. The molecule has 0 unspecified atom stereocenters. The lowest BCUT2D eigenvalue weighted by Gasteiger charge is -2.13. The van der Waals surface area contributed by atoms with Crippen molar-refractivity contribution < 1.29 is 9.53 Å². The van der Waals surface area contributed by atoms with Crippen LogP contribution in [0.3, 0.4) is 0 Å². The van der Waals surface area contributed by atoms with Crippen LogP contribution in [0.5, 0.6) is 5.75 Å². The average molecular weight is 446 g/mol. The van der Waals surface area contributed by atoms with Crippen LogP contribution in [0.25, 0.3) is 0 Å². The number of benzene rings is 2. The van der Waals surface area contributed by atoms with Gasteiger partial charge in [-0.3, -0.25) is 9.78 Å². The molecule has 1 atom stereocenters. The summed E-state index contributed by atoms with van der Waals surface area (Å²) in [6.07, 6.45) is 11.4. The highest BCUT2D eigenvalue weighted by Gasteiger charge is 2.14. The van der Waals surface area contributed by atoms with Gasteiger partial charge in [0.2, 0.25) is 5.91 Å². The molecule has 0 saturated carbocycles. The van der Waals surface area contributed by atoms with Gasteiger partial charge in [-0.15, -0.1) is 0 Å². The predicted octanol–water partition coefficient (Wildman–Crippen LogP) is 5.68. The molecule has 1 aromatic heterocycles. The predicted molar refractivity (Wildman–Crippen MR) is 134 cm³/mol. The molecular formula is C28H35N3O2. The van der Waals surface area contributed by atoms with Gasteiger partial charge < -0.3 is 15.8 Å². The van der Waals surface area contributed by atoms with Gasteiger partial charge in [-0.05, 0) is 72.4 Å². The molecule has 5 heteroatoms. The number of rotatable bonds is 13. The molecule has 0 saturated heterocycles. The number of carbonyl (C=O) groups is 1. The van der Waals surface area contributed by atoms with Crippen LogP contribution in [-0.4, -0.2) is 16.9 Å². The number of aromatic nitrogens is 1. The molecule has 1 amide bonds. The maximum Gasteiger partial charge on any atom is 0.241 e. The summed E-state index contributed by atoms with van der Waals surface area (Å²) in [5.74, 6) is 0.597. The number of amides is 1. The molecular weight excluding hydrogens is 410 g/mol. The van der Waals surface area contributed by atoms with Crippen molar-refractivity contribution in [2.24, 2.45) is 5.73 Å². The van der Waals surface area contributed by atoms with Crippen LogP contribution in [0.15, 0.2) is 73.1 Å². The van der Waals surface area contributed by atoms with Gasteiger partial charge in [0, 0.05) is 18.1 Å². The van der Waals surface area contributed by atoms with Gasteiger partial charge in [-0.1, -0.05) is 56.9 Å². The SMILES string of the molecule is CCCCCCCc1ccc(NC(=O)[C@@H](N)Cc2ccc(OCc3ccncc3)cc2)cc1. The Labute approximate surface area is 197 Å². The summed E-state index contributed by atoms with van der Waals surface area (Å²) in [4.78, 5) is 16.5. The van der Waals surface area contributed by atoms with Crippen LogP contribution in [0.4, 0.5) is 5.69 Å². The minimum atomic E-state index is -0.619. The average Bonchev–Trinajstić information content (AvgIpc) is 2.85. The molecule has 0 bridgehead atoms. The molecule has 5 nitrogen and oxygen atoms in total. The Bertz CT molecular complexity index is 957. The topological polar surface area (TPSA) is 77.2 Å². The second-order valence-electron chi connectivity index (χ2n) is 8.45. The van der Waals surface area contributed by atoms with E-state index in [2.05, 4.69) is 29.4 Å². The van der Waals surface area contributed by atoms with Crippen LogP contribution in [0, 0.1) is 0 Å². The molecule has 0 fully saturated rings. The van der Waals surface area contributed by atoms with E-state index in [-0.39, 0.29) is 5.91 Å². The van der Waals surface area contributed by atoms with E-state index in [1.807, 2.05) is 48.5 Å². The number of unbranched alkanes of at least 4 members (excludes halogenated alkanes) is 4. The maximum absolute atomic E-state index is 12.5. The van der Waals surface area contributed by atoms with Gasteiger partial charge in [0.15, 0.2) is 0 Å². The summed E-state index contributed by atoms with van der Waals surface area (Å²) in [7, 11) is 0. The van der Waals surface area contributed by atoms with Crippen molar-refractivity contribution in [3.63, 3.8) is 0 Å². The summed E-state index contributed by atoms with van der Waals surface area (Å²) in [5.41, 5.74) is 10.3. The van der Waals surface area contributed by atoms with Crippen LogP contribution in [0.1, 0.15) is 55.7 Å². The van der Waals surface area contributed by atoms with E-state index in [0.29, 0.717) is 13.0 Å². The summed E-state index contributed by atoms with van der Waals surface area (Å²) < 4.78 is 5.79. The Morgan fingerprint density at radius 3 is 2.24 bits per heavy atom. The van der Waals surface area contributed by atoms with Gasteiger partial charge in [0.1, 0.15) is 12.4 Å². The van der Waals surface area contributed by atoms with Gasteiger partial charge in [-0.25, -0.2) is 0 Å². The van der Waals surface area contributed by atoms with E-state index in [1.54, 1.807) is 12.4 Å².